The van der Waals surface area contributed by atoms with E-state index in [0.29, 0.717) is 17.1 Å². The van der Waals surface area contributed by atoms with Crippen LogP contribution < -0.4 is 10.6 Å². The van der Waals surface area contributed by atoms with Gasteiger partial charge in [0.25, 0.3) is 5.91 Å². The summed E-state index contributed by atoms with van der Waals surface area (Å²) >= 11 is 6.14. The molecule has 4 nitrogen and oxygen atoms in total. The average Bonchev–Trinajstić information content (AvgIpc) is 2.75. The van der Waals surface area contributed by atoms with E-state index in [1.807, 2.05) is 60.7 Å². The van der Waals surface area contributed by atoms with Crippen molar-refractivity contribution >= 4 is 23.4 Å². The van der Waals surface area contributed by atoms with Gasteiger partial charge >= 0.3 is 0 Å². The molecule has 3 aromatic rings. The molecule has 5 heteroatoms. The van der Waals surface area contributed by atoms with Crippen molar-refractivity contribution in [1.82, 2.24) is 10.6 Å². The van der Waals surface area contributed by atoms with Crippen molar-refractivity contribution in [2.45, 2.75) is 18.9 Å². The molecule has 0 saturated heterocycles. The number of hydrogen-bond acceptors (Lipinski definition) is 2. The summed E-state index contributed by atoms with van der Waals surface area (Å²) in [4.78, 5) is 25.2. The SMILES string of the molecule is O=C(CC(NC(=O)c1ccccc1Cl)c1ccccc1)NCCc1ccccc1. The molecule has 0 heterocycles. The summed E-state index contributed by atoms with van der Waals surface area (Å²) in [6, 6.07) is 25.9. The topological polar surface area (TPSA) is 58.2 Å². The van der Waals surface area contributed by atoms with Gasteiger partial charge in [-0.3, -0.25) is 9.59 Å². The van der Waals surface area contributed by atoms with Crippen molar-refractivity contribution in [3.8, 4) is 0 Å². The molecule has 0 aliphatic carbocycles. The fourth-order valence-electron chi connectivity index (χ4n) is 3.07. The molecular formula is C24H23ClN2O2. The Bertz CT molecular complexity index is 945. The number of carbonyl (C=O) groups excluding carboxylic acids is 2. The molecule has 148 valence electrons. The molecule has 1 atom stereocenters. The number of nitrogens with one attached hydrogen (secondary N) is 2. The molecule has 1 unspecified atom stereocenters. The molecule has 3 rings (SSSR count). The van der Waals surface area contributed by atoms with E-state index in [1.165, 1.54) is 5.56 Å². The molecule has 0 aliphatic rings. The number of amides is 2. The Balaban J connectivity index is 1.63. The van der Waals surface area contributed by atoms with Crippen molar-refractivity contribution in [1.29, 1.82) is 0 Å². The Hall–Kier alpha value is -3.11. The standard InChI is InChI=1S/C24H23ClN2O2/c25-21-14-8-7-13-20(21)24(29)27-22(19-11-5-2-6-12-19)17-23(28)26-16-15-18-9-3-1-4-10-18/h1-14,22H,15-17H2,(H,26,28)(H,27,29). The normalized spacial score (nSPS) is 11.5. The van der Waals surface area contributed by atoms with Gasteiger partial charge in [-0.2, -0.15) is 0 Å². The number of hydrogen-bond donors (Lipinski definition) is 2. The highest BCUT2D eigenvalue weighted by Gasteiger charge is 2.20. The Labute approximate surface area is 175 Å². The second kappa shape index (κ2) is 10.4. The third-order valence-electron chi connectivity index (χ3n) is 4.59. The number of rotatable bonds is 8. The summed E-state index contributed by atoms with van der Waals surface area (Å²) in [7, 11) is 0. The van der Waals surface area contributed by atoms with Gasteiger partial charge in [0.1, 0.15) is 0 Å². The Morgan fingerprint density at radius 2 is 1.45 bits per heavy atom. The van der Waals surface area contributed by atoms with Crippen LogP contribution in [0.25, 0.3) is 0 Å². The lowest BCUT2D eigenvalue weighted by Gasteiger charge is -2.19. The fraction of sp³-hybridized carbons (Fsp3) is 0.167. The summed E-state index contributed by atoms with van der Waals surface area (Å²) in [5, 5.41) is 6.26. The summed E-state index contributed by atoms with van der Waals surface area (Å²) in [6.07, 6.45) is 0.906. The van der Waals surface area contributed by atoms with E-state index in [0.717, 1.165) is 12.0 Å². The summed E-state index contributed by atoms with van der Waals surface area (Å²) in [5.74, 6) is -0.421. The molecule has 0 radical (unpaired) electrons. The Kier molecular flexibility index (Phi) is 7.42. The zero-order valence-corrected chi connectivity index (χ0v) is 16.7. The van der Waals surface area contributed by atoms with E-state index in [2.05, 4.69) is 10.6 Å². The maximum Gasteiger partial charge on any atom is 0.253 e. The van der Waals surface area contributed by atoms with Crippen LogP contribution >= 0.6 is 11.6 Å². The molecule has 0 fully saturated rings. The zero-order valence-electron chi connectivity index (χ0n) is 16.0. The van der Waals surface area contributed by atoms with E-state index in [-0.39, 0.29) is 18.2 Å². The summed E-state index contributed by atoms with van der Waals surface area (Å²) in [6.45, 7) is 0.544. The van der Waals surface area contributed by atoms with Gasteiger partial charge in [-0.25, -0.2) is 0 Å². The molecule has 0 bridgehead atoms. The van der Waals surface area contributed by atoms with Crippen molar-refractivity contribution in [2.75, 3.05) is 6.54 Å². The molecule has 2 N–H and O–H groups in total. The van der Waals surface area contributed by atoms with Gasteiger partial charge in [0.15, 0.2) is 0 Å². The van der Waals surface area contributed by atoms with Crippen LogP contribution in [-0.4, -0.2) is 18.4 Å². The largest absolute Gasteiger partial charge is 0.356 e. The minimum absolute atomic E-state index is 0.116. The molecule has 0 aliphatic heterocycles. The van der Waals surface area contributed by atoms with Gasteiger partial charge in [0.2, 0.25) is 5.91 Å². The first-order valence-corrected chi connectivity index (χ1v) is 9.92. The molecule has 0 spiro atoms. The highest BCUT2D eigenvalue weighted by molar-refractivity contribution is 6.33. The molecular weight excluding hydrogens is 384 g/mol. The quantitative estimate of drug-likeness (QED) is 0.576. The van der Waals surface area contributed by atoms with Crippen molar-refractivity contribution in [3.63, 3.8) is 0 Å². The van der Waals surface area contributed by atoms with Crippen molar-refractivity contribution < 1.29 is 9.59 Å². The van der Waals surface area contributed by atoms with Gasteiger partial charge in [-0.1, -0.05) is 84.4 Å². The van der Waals surface area contributed by atoms with E-state index in [9.17, 15) is 9.59 Å². The maximum atomic E-state index is 12.7. The first-order chi connectivity index (χ1) is 14.1. The second-order valence-electron chi connectivity index (χ2n) is 6.71. The van der Waals surface area contributed by atoms with Crippen molar-refractivity contribution in [2.24, 2.45) is 0 Å². The summed E-state index contributed by atoms with van der Waals surface area (Å²) < 4.78 is 0. The van der Waals surface area contributed by atoms with Crippen LogP contribution in [0.5, 0.6) is 0 Å². The second-order valence-corrected chi connectivity index (χ2v) is 7.11. The van der Waals surface area contributed by atoms with Crippen LogP contribution in [0.1, 0.15) is 33.9 Å². The van der Waals surface area contributed by atoms with Crippen LogP contribution in [-0.2, 0) is 11.2 Å². The lowest BCUT2D eigenvalue weighted by molar-refractivity contribution is -0.121. The zero-order chi connectivity index (χ0) is 20.5. The van der Waals surface area contributed by atoms with E-state index in [1.54, 1.807) is 24.3 Å². The summed E-state index contributed by atoms with van der Waals surface area (Å²) in [5.41, 5.74) is 2.42. The van der Waals surface area contributed by atoms with Gasteiger partial charge in [-0.15, -0.1) is 0 Å². The van der Waals surface area contributed by atoms with Gasteiger partial charge in [-0.05, 0) is 29.7 Å². The fourth-order valence-corrected chi connectivity index (χ4v) is 3.29. The molecule has 0 aromatic heterocycles. The van der Waals surface area contributed by atoms with Crippen molar-refractivity contribution in [3.05, 3.63) is 107 Å². The lowest BCUT2D eigenvalue weighted by atomic mass is 10.0. The van der Waals surface area contributed by atoms with E-state index >= 15 is 0 Å². The van der Waals surface area contributed by atoms with E-state index in [4.69, 9.17) is 11.6 Å². The maximum absolute atomic E-state index is 12.7. The first-order valence-electron chi connectivity index (χ1n) is 9.54. The van der Waals surface area contributed by atoms with Crippen LogP contribution in [0.4, 0.5) is 0 Å². The Morgan fingerprint density at radius 1 is 0.828 bits per heavy atom. The van der Waals surface area contributed by atoms with Crippen LogP contribution in [0.3, 0.4) is 0 Å². The predicted octanol–water partition coefficient (Wildman–Crippen LogP) is 4.56. The average molecular weight is 407 g/mol. The minimum Gasteiger partial charge on any atom is -0.356 e. The molecule has 2 amide bonds. The number of benzene rings is 3. The monoisotopic (exact) mass is 406 g/mol. The van der Waals surface area contributed by atoms with Crippen LogP contribution in [0, 0.1) is 0 Å². The van der Waals surface area contributed by atoms with Gasteiger partial charge in [0.05, 0.1) is 23.0 Å². The molecule has 3 aromatic carbocycles. The first kappa shape index (κ1) is 20.6. The molecule has 29 heavy (non-hydrogen) atoms. The highest BCUT2D eigenvalue weighted by Crippen LogP contribution is 2.20. The van der Waals surface area contributed by atoms with Gasteiger partial charge in [0, 0.05) is 6.54 Å². The van der Waals surface area contributed by atoms with Crippen LogP contribution in [0.2, 0.25) is 5.02 Å². The highest BCUT2D eigenvalue weighted by atomic mass is 35.5. The van der Waals surface area contributed by atoms with E-state index < -0.39 is 6.04 Å². The molecule has 0 saturated carbocycles. The number of halogens is 1. The third kappa shape index (κ3) is 6.19. The lowest BCUT2D eigenvalue weighted by Crippen LogP contribution is -2.34. The predicted molar refractivity (Wildman–Crippen MR) is 116 cm³/mol. The smallest absolute Gasteiger partial charge is 0.253 e. The number of carbonyl (C=O) groups is 2. The third-order valence-corrected chi connectivity index (χ3v) is 4.92. The minimum atomic E-state index is -0.448. The van der Waals surface area contributed by atoms with Crippen LogP contribution in [0.15, 0.2) is 84.9 Å². The van der Waals surface area contributed by atoms with Gasteiger partial charge < -0.3 is 10.6 Å². The Morgan fingerprint density at radius 3 is 2.14 bits per heavy atom.